The van der Waals surface area contributed by atoms with Gasteiger partial charge in [0.15, 0.2) is 0 Å². The zero-order valence-electron chi connectivity index (χ0n) is 18.2. The maximum Gasteiger partial charge on any atom is 0.330 e. The fourth-order valence-electron chi connectivity index (χ4n) is 2.57. The number of ether oxygens (including phenoxy) is 4. The van der Waals surface area contributed by atoms with Crippen LogP contribution >= 0.6 is 0 Å². The Balaban J connectivity index is 0.000000303. The Morgan fingerprint density at radius 3 is 1.66 bits per heavy atom. The highest BCUT2D eigenvalue weighted by atomic mass is 16.6. The Morgan fingerprint density at radius 2 is 1.22 bits per heavy atom. The summed E-state index contributed by atoms with van der Waals surface area (Å²) in [6.07, 6.45) is 1.93. The van der Waals surface area contributed by atoms with Gasteiger partial charge in [-0.1, -0.05) is 30.8 Å². The van der Waals surface area contributed by atoms with Gasteiger partial charge in [0.25, 0.3) is 0 Å². The molecule has 32 heavy (non-hydrogen) atoms. The van der Waals surface area contributed by atoms with Gasteiger partial charge in [-0.05, 0) is 59.7 Å². The molecule has 0 bridgehead atoms. The van der Waals surface area contributed by atoms with Gasteiger partial charge in [-0.2, -0.15) is 0 Å². The second kappa shape index (κ2) is 13.3. The van der Waals surface area contributed by atoms with E-state index in [2.05, 4.69) is 6.58 Å². The van der Waals surface area contributed by atoms with Crippen molar-refractivity contribution in [3.8, 4) is 28.4 Å². The predicted octanol–water partition coefficient (Wildman–Crippen LogP) is 4.98. The molecule has 0 radical (unpaired) electrons. The van der Waals surface area contributed by atoms with E-state index in [1.54, 1.807) is 38.5 Å². The summed E-state index contributed by atoms with van der Waals surface area (Å²) in [4.78, 5) is 21.0. The Kier molecular flexibility index (Phi) is 10.1. The summed E-state index contributed by atoms with van der Waals surface area (Å²) in [5.74, 6) is 1.88. The average molecular weight is 434 g/mol. The van der Waals surface area contributed by atoms with Gasteiger partial charge in [0.2, 0.25) is 0 Å². The van der Waals surface area contributed by atoms with Crippen molar-refractivity contribution >= 4 is 12.3 Å². The molecule has 6 nitrogen and oxygen atoms in total. The van der Waals surface area contributed by atoms with Crippen LogP contribution in [0.25, 0.3) is 11.1 Å². The number of esters is 1. The molecule has 0 atom stereocenters. The number of methoxy groups -OCH3 is 2. The van der Waals surface area contributed by atoms with Gasteiger partial charge < -0.3 is 18.9 Å². The van der Waals surface area contributed by atoms with E-state index >= 15 is 0 Å². The summed E-state index contributed by atoms with van der Waals surface area (Å²) in [6.45, 7) is 3.83. The summed E-state index contributed by atoms with van der Waals surface area (Å²) in [6, 6.07) is 22.5. The van der Waals surface area contributed by atoms with Crippen LogP contribution in [0.1, 0.15) is 10.4 Å². The second-order valence-corrected chi connectivity index (χ2v) is 6.36. The highest BCUT2D eigenvalue weighted by molar-refractivity contribution is 5.81. The van der Waals surface area contributed by atoms with E-state index in [4.69, 9.17) is 18.9 Å². The number of benzene rings is 3. The normalized spacial score (nSPS) is 9.56. The molecule has 166 valence electrons. The first-order valence-corrected chi connectivity index (χ1v) is 9.85. The minimum atomic E-state index is -0.446. The second-order valence-electron chi connectivity index (χ2n) is 6.36. The molecular weight excluding hydrogens is 408 g/mol. The number of hydrogen-bond donors (Lipinski definition) is 0. The molecule has 0 fully saturated rings. The highest BCUT2D eigenvalue weighted by Gasteiger charge is 2.01. The van der Waals surface area contributed by atoms with Crippen LogP contribution < -0.4 is 14.2 Å². The summed E-state index contributed by atoms with van der Waals surface area (Å²) in [5, 5.41) is 0. The van der Waals surface area contributed by atoms with Gasteiger partial charge in [0, 0.05) is 11.6 Å². The van der Waals surface area contributed by atoms with E-state index in [1.807, 2.05) is 48.5 Å². The molecule has 6 heteroatoms. The van der Waals surface area contributed by atoms with Crippen LogP contribution in [0.5, 0.6) is 17.2 Å². The Morgan fingerprint density at radius 1 is 0.750 bits per heavy atom. The summed E-state index contributed by atoms with van der Waals surface area (Å²) in [7, 11) is 3.24. The lowest BCUT2D eigenvalue weighted by Crippen LogP contribution is -2.10. The molecule has 0 unspecified atom stereocenters. The van der Waals surface area contributed by atoms with Crippen molar-refractivity contribution in [1.82, 2.24) is 0 Å². The monoisotopic (exact) mass is 434 g/mol. The first kappa shape index (κ1) is 24.2. The Labute approximate surface area is 188 Å². The molecule has 0 heterocycles. The minimum Gasteiger partial charge on any atom is -0.497 e. The predicted molar refractivity (Wildman–Crippen MR) is 123 cm³/mol. The van der Waals surface area contributed by atoms with E-state index in [-0.39, 0.29) is 6.61 Å². The maximum atomic E-state index is 10.9. The van der Waals surface area contributed by atoms with Crippen LogP contribution in [0, 0.1) is 0 Å². The van der Waals surface area contributed by atoms with Gasteiger partial charge in [-0.25, -0.2) is 4.79 Å². The number of rotatable bonds is 9. The molecule has 0 aliphatic heterocycles. The summed E-state index contributed by atoms with van der Waals surface area (Å²) < 4.78 is 20.4. The third kappa shape index (κ3) is 7.99. The van der Waals surface area contributed by atoms with Gasteiger partial charge in [-0.15, -0.1) is 0 Å². The lowest BCUT2D eigenvalue weighted by atomic mass is 10.1. The molecular formula is C26H26O6. The van der Waals surface area contributed by atoms with Crippen molar-refractivity contribution in [3.05, 3.63) is 91.0 Å². The van der Waals surface area contributed by atoms with E-state index < -0.39 is 5.97 Å². The highest BCUT2D eigenvalue weighted by Crippen LogP contribution is 2.24. The third-order valence-corrected chi connectivity index (χ3v) is 4.29. The molecule has 0 aromatic heterocycles. The zero-order valence-corrected chi connectivity index (χ0v) is 18.2. The molecule has 0 amide bonds. The Hall–Kier alpha value is -4.06. The molecule has 0 spiro atoms. The molecule has 3 aromatic rings. The fraction of sp³-hybridized carbons (Fsp3) is 0.154. The van der Waals surface area contributed by atoms with Crippen LogP contribution in [-0.2, 0) is 9.53 Å². The van der Waals surface area contributed by atoms with E-state index in [9.17, 15) is 9.59 Å². The first-order valence-electron chi connectivity index (χ1n) is 9.85. The van der Waals surface area contributed by atoms with E-state index in [1.165, 1.54) is 0 Å². The van der Waals surface area contributed by atoms with Crippen LogP contribution in [0.3, 0.4) is 0 Å². The average Bonchev–Trinajstić information content (AvgIpc) is 2.87. The molecule has 0 saturated heterocycles. The van der Waals surface area contributed by atoms with Gasteiger partial charge in [0.1, 0.15) is 36.7 Å². The summed E-state index contributed by atoms with van der Waals surface area (Å²) >= 11 is 0. The molecule has 0 saturated carbocycles. The smallest absolute Gasteiger partial charge is 0.330 e. The summed E-state index contributed by atoms with van der Waals surface area (Å²) in [5.41, 5.74) is 2.86. The van der Waals surface area contributed by atoms with Gasteiger partial charge in [-0.3, -0.25) is 4.79 Å². The SMILES string of the molecule is C=CC(=O)OCCOc1ccc(-c2ccc(OC)cc2)cc1.COc1ccc(C=O)cc1. The van der Waals surface area contributed by atoms with Crippen molar-refractivity contribution in [2.45, 2.75) is 0 Å². The quantitative estimate of drug-likeness (QED) is 0.205. The first-order chi connectivity index (χ1) is 15.6. The topological polar surface area (TPSA) is 71.1 Å². The van der Waals surface area contributed by atoms with Gasteiger partial charge >= 0.3 is 5.97 Å². The maximum absolute atomic E-state index is 10.9. The number of aldehydes is 1. The lowest BCUT2D eigenvalue weighted by Gasteiger charge is -2.08. The van der Waals surface area contributed by atoms with Gasteiger partial charge in [0.05, 0.1) is 14.2 Å². The molecule has 3 rings (SSSR count). The van der Waals surface area contributed by atoms with Crippen molar-refractivity contribution in [1.29, 1.82) is 0 Å². The van der Waals surface area contributed by atoms with Crippen LogP contribution in [-0.4, -0.2) is 39.7 Å². The molecule has 0 N–H and O–H groups in total. The van der Waals surface area contributed by atoms with Crippen molar-refractivity contribution < 1.29 is 28.5 Å². The van der Waals surface area contributed by atoms with E-state index in [0.29, 0.717) is 12.2 Å². The number of hydrogen-bond acceptors (Lipinski definition) is 6. The largest absolute Gasteiger partial charge is 0.497 e. The Bertz CT molecular complexity index is 976. The van der Waals surface area contributed by atoms with Crippen molar-refractivity contribution in [2.24, 2.45) is 0 Å². The lowest BCUT2D eigenvalue weighted by molar-refractivity contribution is -0.138. The molecule has 0 aliphatic carbocycles. The number of carbonyl (C=O) groups is 2. The van der Waals surface area contributed by atoms with Crippen LogP contribution in [0.15, 0.2) is 85.5 Å². The zero-order chi connectivity index (χ0) is 23.2. The van der Waals surface area contributed by atoms with Crippen LogP contribution in [0.4, 0.5) is 0 Å². The van der Waals surface area contributed by atoms with Crippen molar-refractivity contribution in [2.75, 3.05) is 27.4 Å². The van der Waals surface area contributed by atoms with E-state index in [0.717, 1.165) is 40.7 Å². The fourth-order valence-corrected chi connectivity index (χ4v) is 2.57. The van der Waals surface area contributed by atoms with Crippen molar-refractivity contribution in [3.63, 3.8) is 0 Å². The number of carbonyl (C=O) groups excluding carboxylic acids is 2. The minimum absolute atomic E-state index is 0.199. The molecule has 0 aliphatic rings. The third-order valence-electron chi connectivity index (χ3n) is 4.29. The van der Waals surface area contributed by atoms with Crippen LogP contribution in [0.2, 0.25) is 0 Å². The standard InChI is InChI=1S/C18H18O4.C8H8O2/c1-3-18(19)22-13-12-21-17-10-6-15(7-11-17)14-4-8-16(20-2)9-5-14;1-10-8-4-2-7(6-9)3-5-8/h3-11H,1,12-13H2,2H3;2-6H,1H3. The molecule has 3 aromatic carbocycles.